The quantitative estimate of drug-likeness (QED) is 0.497. The lowest BCUT2D eigenvalue weighted by atomic mass is 10.2. The molecular weight excluding hydrogens is 331 g/mol. The number of hydrogen-bond donors (Lipinski definition) is 2. The van der Waals surface area contributed by atoms with Crippen molar-refractivity contribution in [3.05, 3.63) is 21.9 Å². The van der Waals surface area contributed by atoms with Crippen LogP contribution in [0.4, 0.5) is 5.69 Å². The molecule has 2 aromatic rings. The second kappa shape index (κ2) is 4.80. The summed E-state index contributed by atoms with van der Waals surface area (Å²) in [6.07, 6.45) is 0. The molecule has 0 aliphatic carbocycles. The van der Waals surface area contributed by atoms with Gasteiger partial charge in [-0.25, -0.2) is 0 Å². The molecule has 17 heavy (non-hydrogen) atoms. The molecule has 0 radical (unpaired) electrons. The number of hydrazone groups is 1. The zero-order chi connectivity index (χ0) is 12.3. The minimum atomic E-state index is -0.229. The van der Waals surface area contributed by atoms with Gasteiger partial charge in [-0.05, 0) is 34.7 Å². The number of aromatic amines is 1. The van der Waals surface area contributed by atoms with Crippen LogP contribution in [-0.4, -0.2) is 15.9 Å². The smallest absolute Gasteiger partial charge is 0.237 e. The van der Waals surface area contributed by atoms with Crippen molar-refractivity contribution >= 4 is 44.9 Å². The van der Waals surface area contributed by atoms with Gasteiger partial charge in [0.15, 0.2) is 0 Å². The van der Waals surface area contributed by atoms with E-state index in [1.807, 2.05) is 12.1 Å². The summed E-state index contributed by atoms with van der Waals surface area (Å²) in [5.41, 5.74) is 3.79. The van der Waals surface area contributed by atoms with Crippen LogP contribution >= 0.6 is 22.6 Å². The summed E-state index contributed by atoms with van der Waals surface area (Å²) < 4.78 is 0.922. The summed E-state index contributed by atoms with van der Waals surface area (Å²) in [5.74, 6) is 0. The lowest BCUT2D eigenvalue weighted by Gasteiger charge is -1.99. The van der Waals surface area contributed by atoms with Crippen molar-refractivity contribution in [2.24, 2.45) is 5.10 Å². The van der Waals surface area contributed by atoms with E-state index in [4.69, 9.17) is 10.5 Å². The number of para-hydroxylation sites is 1. The molecule has 0 bridgehead atoms. The van der Waals surface area contributed by atoms with Gasteiger partial charge in [-0.2, -0.15) is 20.7 Å². The van der Waals surface area contributed by atoms with Gasteiger partial charge in [0.2, 0.25) is 5.71 Å². The van der Waals surface area contributed by atoms with Crippen molar-refractivity contribution in [1.82, 2.24) is 10.2 Å². The number of halogens is 1. The van der Waals surface area contributed by atoms with Crippen LogP contribution in [0.25, 0.3) is 10.9 Å². The number of rotatable bonds is 2. The SMILES string of the molecule is N#CC(C#N)=NNc1cccc2c(I)[nH]nc12. The largest absolute Gasteiger partial charge is 0.274 e. The molecule has 0 unspecified atom stereocenters. The molecular formula is C10H5IN6. The molecule has 0 amide bonds. The van der Waals surface area contributed by atoms with Gasteiger partial charge in [-0.3, -0.25) is 10.5 Å². The summed E-state index contributed by atoms with van der Waals surface area (Å²) in [7, 11) is 0. The Morgan fingerprint density at radius 2 is 2.18 bits per heavy atom. The average molecular weight is 336 g/mol. The number of nitrogens with one attached hydrogen (secondary N) is 2. The van der Waals surface area contributed by atoms with Crippen molar-refractivity contribution in [3.8, 4) is 12.1 Å². The molecule has 1 heterocycles. The van der Waals surface area contributed by atoms with Crippen LogP contribution in [0, 0.1) is 26.4 Å². The maximum absolute atomic E-state index is 8.56. The van der Waals surface area contributed by atoms with Crippen LogP contribution in [0.1, 0.15) is 0 Å². The number of hydrogen-bond acceptors (Lipinski definition) is 5. The Bertz CT molecular complexity index is 656. The molecule has 0 atom stereocenters. The Kier molecular flexibility index (Phi) is 3.21. The fourth-order valence-electron chi connectivity index (χ4n) is 1.29. The lowest BCUT2D eigenvalue weighted by Crippen LogP contribution is -1.96. The van der Waals surface area contributed by atoms with Gasteiger partial charge in [0.25, 0.3) is 0 Å². The first-order valence-electron chi connectivity index (χ1n) is 4.52. The highest BCUT2D eigenvalue weighted by Gasteiger charge is 2.06. The van der Waals surface area contributed by atoms with Gasteiger partial charge in [-0.15, -0.1) is 0 Å². The number of benzene rings is 1. The van der Waals surface area contributed by atoms with E-state index < -0.39 is 0 Å². The minimum Gasteiger partial charge on any atom is -0.274 e. The molecule has 0 saturated heterocycles. The zero-order valence-corrected chi connectivity index (χ0v) is 10.6. The highest BCUT2D eigenvalue weighted by atomic mass is 127. The maximum Gasteiger partial charge on any atom is 0.237 e. The first kappa shape index (κ1) is 11.4. The molecule has 0 fully saturated rings. The van der Waals surface area contributed by atoms with Gasteiger partial charge in [0.1, 0.15) is 21.4 Å². The Balaban J connectivity index is 2.41. The minimum absolute atomic E-state index is 0.229. The average Bonchev–Trinajstić information content (AvgIpc) is 2.73. The molecule has 7 heteroatoms. The van der Waals surface area contributed by atoms with E-state index in [-0.39, 0.29) is 5.71 Å². The van der Waals surface area contributed by atoms with E-state index in [0.717, 1.165) is 14.6 Å². The molecule has 1 aromatic carbocycles. The molecule has 0 aliphatic heterocycles. The molecule has 0 aliphatic rings. The van der Waals surface area contributed by atoms with Crippen LogP contribution in [0.2, 0.25) is 0 Å². The first-order valence-corrected chi connectivity index (χ1v) is 5.60. The Hall–Kier alpha value is -2.13. The fourth-order valence-corrected chi connectivity index (χ4v) is 1.84. The second-order valence-electron chi connectivity index (χ2n) is 3.04. The van der Waals surface area contributed by atoms with Crippen molar-refractivity contribution in [2.45, 2.75) is 0 Å². The molecule has 6 nitrogen and oxygen atoms in total. The van der Waals surface area contributed by atoms with Crippen LogP contribution in [0.15, 0.2) is 23.3 Å². The Morgan fingerprint density at radius 3 is 2.88 bits per heavy atom. The summed E-state index contributed by atoms with van der Waals surface area (Å²) in [4.78, 5) is 0. The number of anilines is 1. The standard InChI is InChI=1S/C10H5IN6/c11-10-7-2-1-3-8(9(7)16-17-10)15-14-6(4-12)5-13/h1-3,15H,(H,16,17). The number of nitriles is 2. The van der Waals surface area contributed by atoms with Gasteiger partial charge < -0.3 is 0 Å². The van der Waals surface area contributed by atoms with E-state index in [2.05, 4.69) is 43.3 Å². The van der Waals surface area contributed by atoms with Crippen molar-refractivity contribution in [1.29, 1.82) is 10.5 Å². The van der Waals surface area contributed by atoms with Crippen molar-refractivity contribution in [2.75, 3.05) is 5.43 Å². The molecule has 0 saturated carbocycles. The van der Waals surface area contributed by atoms with Crippen LogP contribution in [0.5, 0.6) is 0 Å². The van der Waals surface area contributed by atoms with E-state index in [0.29, 0.717) is 5.69 Å². The Labute approximate surface area is 110 Å². The monoisotopic (exact) mass is 336 g/mol. The predicted molar refractivity (Wildman–Crippen MR) is 71.1 cm³/mol. The summed E-state index contributed by atoms with van der Waals surface area (Å²) in [6.45, 7) is 0. The molecule has 2 rings (SSSR count). The molecule has 1 aromatic heterocycles. The predicted octanol–water partition coefficient (Wildman–Crippen LogP) is 1.98. The third kappa shape index (κ3) is 2.19. The van der Waals surface area contributed by atoms with Crippen LogP contribution in [-0.2, 0) is 0 Å². The fraction of sp³-hybridized carbons (Fsp3) is 0. The van der Waals surface area contributed by atoms with Gasteiger partial charge in [0, 0.05) is 5.39 Å². The number of nitrogens with zero attached hydrogens (tertiary/aromatic N) is 4. The molecule has 82 valence electrons. The van der Waals surface area contributed by atoms with Gasteiger partial charge in [-0.1, -0.05) is 6.07 Å². The number of fused-ring (bicyclic) bond motifs is 1. The van der Waals surface area contributed by atoms with Gasteiger partial charge >= 0.3 is 0 Å². The highest BCUT2D eigenvalue weighted by Crippen LogP contribution is 2.24. The second-order valence-corrected chi connectivity index (χ2v) is 4.11. The van der Waals surface area contributed by atoms with Crippen LogP contribution < -0.4 is 5.43 Å². The topological polar surface area (TPSA) is 101 Å². The maximum atomic E-state index is 8.56. The first-order chi connectivity index (χ1) is 8.26. The molecule has 0 spiro atoms. The van der Waals surface area contributed by atoms with E-state index in [1.165, 1.54) is 0 Å². The normalized spacial score (nSPS) is 9.35. The summed E-state index contributed by atoms with van der Waals surface area (Å²) >= 11 is 2.14. The number of aromatic nitrogens is 2. The van der Waals surface area contributed by atoms with E-state index in [9.17, 15) is 0 Å². The van der Waals surface area contributed by atoms with E-state index >= 15 is 0 Å². The summed E-state index contributed by atoms with van der Waals surface area (Å²) in [6, 6.07) is 8.88. The highest BCUT2D eigenvalue weighted by molar-refractivity contribution is 14.1. The third-order valence-corrected chi connectivity index (χ3v) is 2.86. The Morgan fingerprint density at radius 1 is 1.41 bits per heavy atom. The van der Waals surface area contributed by atoms with Crippen LogP contribution in [0.3, 0.4) is 0 Å². The number of H-pyrrole nitrogens is 1. The van der Waals surface area contributed by atoms with Crippen molar-refractivity contribution < 1.29 is 0 Å². The third-order valence-electron chi connectivity index (χ3n) is 2.04. The van der Waals surface area contributed by atoms with E-state index in [1.54, 1.807) is 18.2 Å². The van der Waals surface area contributed by atoms with Crippen molar-refractivity contribution in [3.63, 3.8) is 0 Å². The zero-order valence-electron chi connectivity index (χ0n) is 8.40. The lowest BCUT2D eigenvalue weighted by molar-refractivity contribution is 1.09. The molecule has 2 N–H and O–H groups in total. The van der Waals surface area contributed by atoms with Gasteiger partial charge in [0.05, 0.1) is 5.69 Å². The summed E-state index contributed by atoms with van der Waals surface area (Å²) in [5, 5.41) is 28.7.